The lowest BCUT2D eigenvalue weighted by molar-refractivity contribution is -0.133. The van der Waals surface area contributed by atoms with Crippen LogP contribution in [0.2, 0.25) is 0 Å². The number of carbonyl (C=O) groups excluding carboxylic acids is 1. The molecule has 3 aliphatic rings. The first-order valence-electron chi connectivity index (χ1n) is 9.02. The molecule has 0 aromatic rings. The van der Waals surface area contributed by atoms with E-state index in [1.165, 1.54) is 38.5 Å². The Kier molecular flexibility index (Phi) is 5.17. The monoisotopic (exact) mass is 293 g/mol. The molecule has 3 saturated heterocycles. The Hall–Kier alpha value is -0.610. The highest BCUT2D eigenvalue weighted by atomic mass is 16.2. The minimum atomic E-state index is 0.378. The second kappa shape index (κ2) is 7.10. The summed E-state index contributed by atoms with van der Waals surface area (Å²) >= 11 is 0. The molecule has 0 bridgehead atoms. The van der Waals surface area contributed by atoms with Gasteiger partial charge in [-0.1, -0.05) is 26.2 Å². The predicted octanol–water partition coefficient (Wildman–Crippen LogP) is 1.71. The maximum absolute atomic E-state index is 12.7. The quantitative estimate of drug-likeness (QED) is 0.860. The summed E-state index contributed by atoms with van der Waals surface area (Å²) in [5, 5.41) is 3.52. The number of fused-ring (bicyclic) bond motifs is 1. The Balaban J connectivity index is 1.56. The zero-order valence-electron chi connectivity index (χ0n) is 13.5. The summed E-state index contributed by atoms with van der Waals surface area (Å²) in [5.74, 6) is 1.92. The average Bonchev–Trinajstić information content (AvgIpc) is 2.98. The standard InChI is InChI=1S/C17H31N3O/c1-2-16-15-11-18-10-14(15)12-20(16)13-17(21)19-8-6-4-3-5-7-9-19/h14-16,18H,2-13H2,1H3. The summed E-state index contributed by atoms with van der Waals surface area (Å²) < 4.78 is 0. The van der Waals surface area contributed by atoms with E-state index < -0.39 is 0 Å². The number of amides is 1. The van der Waals surface area contributed by atoms with Crippen molar-refractivity contribution in [3.05, 3.63) is 0 Å². The summed E-state index contributed by atoms with van der Waals surface area (Å²) in [7, 11) is 0. The molecule has 120 valence electrons. The highest BCUT2D eigenvalue weighted by Crippen LogP contribution is 2.34. The van der Waals surface area contributed by atoms with Gasteiger partial charge in [-0.2, -0.15) is 0 Å². The van der Waals surface area contributed by atoms with Crippen molar-refractivity contribution in [2.75, 3.05) is 39.3 Å². The van der Waals surface area contributed by atoms with Crippen LogP contribution in [0, 0.1) is 11.8 Å². The molecule has 0 radical (unpaired) electrons. The molecule has 1 N–H and O–H groups in total. The summed E-state index contributed by atoms with van der Waals surface area (Å²) in [6.45, 7) is 8.32. The zero-order chi connectivity index (χ0) is 14.7. The second-order valence-electron chi connectivity index (χ2n) is 7.14. The number of likely N-dealkylation sites (tertiary alicyclic amines) is 2. The van der Waals surface area contributed by atoms with E-state index in [1.54, 1.807) is 0 Å². The minimum absolute atomic E-state index is 0.378. The fourth-order valence-electron chi connectivity index (χ4n) is 4.62. The van der Waals surface area contributed by atoms with E-state index in [0.717, 1.165) is 44.6 Å². The van der Waals surface area contributed by atoms with E-state index in [1.807, 2.05) is 0 Å². The molecule has 0 saturated carbocycles. The van der Waals surface area contributed by atoms with Crippen LogP contribution in [-0.4, -0.2) is 61.0 Å². The molecule has 3 rings (SSSR count). The largest absolute Gasteiger partial charge is 0.342 e. The molecule has 0 aliphatic carbocycles. The molecule has 21 heavy (non-hydrogen) atoms. The normalized spacial score (nSPS) is 34.5. The van der Waals surface area contributed by atoms with Gasteiger partial charge in [-0.25, -0.2) is 0 Å². The van der Waals surface area contributed by atoms with Crippen molar-refractivity contribution in [1.82, 2.24) is 15.1 Å². The first-order chi connectivity index (χ1) is 10.3. The van der Waals surface area contributed by atoms with Crippen molar-refractivity contribution < 1.29 is 4.79 Å². The molecule has 3 fully saturated rings. The van der Waals surface area contributed by atoms with Crippen LogP contribution in [0.1, 0.15) is 45.4 Å². The van der Waals surface area contributed by atoms with Crippen LogP contribution in [0.25, 0.3) is 0 Å². The summed E-state index contributed by atoms with van der Waals surface area (Å²) in [4.78, 5) is 17.3. The average molecular weight is 293 g/mol. The molecule has 4 heteroatoms. The number of rotatable bonds is 3. The third-order valence-electron chi connectivity index (χ3n) is 5.79. The van der Waals surface area contributed by atoms with Crippen molar-refractivity contribution in [1.29, 1.82) is 0 Å². The molecule has 3 unspecified atom stereocenters. The number of nitrogens with zero attached hydrogens (tertiary/aromatic N) is 2. The number of hydrogen-bond donors (Lipinski definition) is 1. The van der Waals surface area contributed by atoms with Crippen molar-refractivity contribution in [2.24, 2.45) is 11.8 Å². The molecule has 3 atom stereocenters. The molecular weight excluding hydrogens is 262 g/mol. The lowest BCUT2D eigenvalue weighted by Gasteiger charge is -2.30. The van der Waals surface area contributed by atoms with Gasteiger partial charge >= 0.3 is 0 Å². The van der Waals surface area contributed by atoms with E-state index in [9.17, 15) is 4.79 Å². The lowest BCUT2D eigenvalue weighted by atomic mass is 9.93. The number of hydrogen-bond acceptors (Lipinski definition) is 3. The topological polar surface area (TPSA) is 35.6 Å². The van der Waals surface area contributed by atoms with Crippen molar-refractivity contribution in [3.63, 3.8) is 0 Å². The van der Waals surface area contributed by atoms with Crippen LogP contribution >= 0.6 is 0 Å². The van der Waals surface area contributed by atoms with Gasteiger partial charge in [0.1, 0.15) is 0 Å². The van der Waals surface area contributed by atoms with Gasteiger partial charge in [0.25, 0.3) is 0 Å². The Morgan fingerprint density at radius 2 is 1.81 bits per heavy atom. The summed E-state index contributed by atoms with van der Waals surface area (Å²) in [6.07, 6.45) is 7.50. The fraction of sp³-hybridized carbons (Fsp3) is 0.941. The highest BCUT2D eigenvalue weighted by Gasteiger charge is 2.43. The van der Waals surface area contributed by atoms with E-state index in [0.29, 0.717) is 18.5 Å². The summed E-state index contributed by atoms with van der Waals surface area (Å²) in [6, 6.07) is 0.615. The third-order valence-corrected chi connectivity index (χ3v) is 5.79. The first-order valence-corrected chi connectivity index (χ1v) is 9.02. The zero-order valence-corrected chi connectivity index (χ0v) is 13.5. The van der Waals surface area contributed by atoms with Gasteiger partial charge in [0.05, 0.1) is 6.54 Å². The van der Waals surface area contributed by atoms with E-state index in [2.05, 4.69) is 22.0 Å². The van der Waals surface area contributed by atoms with Gasteiger partial charge in [-0.05, 0) is 44.2 Å². The molecule has 3 aliphatic heterocycles. The summed E-state index contributed by atoms with van der Waals surface area (Å²) in [5.41, 5.74) is 0. The Morgan fingerprint density at radius 3 is 2.52 bits per heavy atom. The fourth-order valence-corrected chi connectivity index (χ4v) is 4.62. The van der Waals surface area contributed by atoms with Gasteiger partial charge in [0, 0.05) is 25.7 Å². The third kappa shape index (κ3) is 3.42. The SMILES string of the molecule is CCC1C2CNCC2CN1CC(=O)N1CCCCCCC1. The van der Waals surface area contributed by atoms with Crippen LogP contribution in [0.3, 0.4) is 0 Å². The maximum Gasteiger partial charge on any atom is 0.236 e. The Bertz CT molecular complexity index is 352. The van der Waals surface area contributed by atoms with Crippen LogP contribution < -0.4 is 5.32 Å². The molecule has 0 aromatic carbocycles. The number of nitrogens with one attached hydrogen (secondary N) is 1. The van der Waals surface area contributed by atoms with Crippen LogP contribution in [0.5, 0.6) is 0 Å². The van der Waals surface area contributed by atoms with Crippen LogP contribution in [-0.2, 0) is 4.79 Å². The predicted molar refractivity (Wildman–Crippen MR) is 85.2 cm³/mol. The van der Waals surface area contributed by atoms with Crippen molar-refractivity contribution in [3.8, 4) is 0 Å². The first kappa shape index (κ1) is 15.3. The molecule has 0 spiro atoms. The van der Waals surface area contributed by atoms with Crippen molar-refractivity contribution in [2.45, 2.75) is 51.5 Å². The van der Waals surface area contributed by atoms with Gasteiger partial charge < -0.3 is 10.2 Å². The van der Waals surface area contributed by atoms with E-state index >= 15 is 0 Å². The smallest absolute Gasteiger partial charge is 0.236 e. The molecular formula is C17H31N3O. The lowest BCUT2D eigenvalue weighted by Crippen LogP contribution is -2.44. The van der Waals surface area contributed by atoms with Gasteiger partial charge in [0.2, 0.25) is 5.91 Å². The maximum atomic E-state index is 12.7. The highest BCUT2D eigenvalue weighted by molar-refractivity contribution is 5.78. The molecule has 0 aromatic heterocycles. The molecule has 3 heterocycles. The van der Waals surface area contributed by atoms with Crippen LogP contribution in [0.4, 0.5) is 0 Å². The van der Waals surface area contributed by atoms with Gasteiger partial charge in [0.15, 0.2) is 0 Å². The van der Waals surface area contributed by atoms with E-state index in [-0.39, 0.29) is 0 Å². The van der Waals surface area contributed by atoms with Gasteiger partial charge in [-0.15, -0.1) is 0 Å². The van der Waals surface area contributed by atoms with Crippen LogP contribution in [0.15, 0.2) is 0 Å². The number of carbonyl (C=O) groups is 1. The minimum Gasteiger partial charge on any atom is -0.342 e. The Morgan fingerprint density at radius 1 is 1.10 bits per heavy atom. The van der Waals surface area contributed by atoms with Crippen molar-refractivity contribution >= 4 is 5.91 Å². The van der Waals surface area contributed by atoms with Gasteiger partial charge in [-0.3, -0.25) is 9.69 Å². The molecule has 1 amide bonds. The molecule has 4 nitrogen and oxygen atoms in total. The Labute approximate surface area is 129 Å². The second-order valence-corrected chi connectivity index (χ2v) is 7.14. The van der Waals surface area contributed by atoms with E-state index in [4.69, 9.17) is 0 Å².